The number of hydrogen-bond acceptors (Lipinski definition) is 3. The number of rotatable bonds is 1. The Morgan fingerprint density at radius 1 is 1.32 bits per heavy atom. The van der Waals surface area contributed by atoms with E-state index in [1.807, 2.05) is 11.0 Å². The highest BCUT2D eigenvalue weighted by Crippen LogP contribution is 2.22. The van der Waals surface area contributed by atoms with Gasteiger partial charge in [-0.25, -0.2) is 4.39 Å². The normalized spacial score (nSPS) is 15.8. The van der Waals surface area contributed by atoms with Gasteiger partial charge >= 0.3 is 0 Å². The summed E-state index contributed by atoms with van der Waals surface area (Å²) in [5.41, 5.74) is 1.09. The Labute approximate surface area is 112 Å². The van der Waals surface area contributed by atoms with Crippen LogP contribution in [0.5, 0.6) is 0 Å². The highest BCUT2D eigenvalue weighted by molar-refractivity contribution is 5.73. The van der Waals surface area contributed by atoms with Gasteiger partial charge in [0, 0.05) is 33.1 Å². The van der Waals surface area contributed by atoms with E-state index in [4.69, 9.17) is 5.26 Å². The van der Waals surface area contributed by atoms with E-state index in [2.05, 4.69) is 0 Å². The SMILES string of the molecule is CC(=O)N1CCCN(c2ccc(F)cc2C#N)CC1. The molecule has 1 amide bonds. The molecule has 0 spiro atoms. The molecule has 0 bridgehead atoms. The summed E-state index contributed by atoms with van der Waals surface area (Å²) in [5, 5.41) is 9.08. The van der Waals surface area contributed by atoms with Crippen molar-refractivity contribution in [3.05, 3.63) is 29.6 Å². The van der Waals surface area contributed by atoms with Gasteiger partial charge in [0.05, 0.1) is 11.3 Å². The number of hydrogen-bond donors (Lipinski definition) is 0. The summed E-state index contributed by atoms with van der Waals surface area (Å²) >= 11 is 0. The molecule has 5 heteroatoms. The molecule has 0 saturated carbocycles. The van der Waals surface area contributed by atoms with E-state index in [1.165, 1.54) is 12.1 Å². The molecule has 1 heterocycles. The summed E-state index contributed by atoms with van der Waals surface area (Å²) in [6.07, 6.45) is 0.849. The van der Waals surface area contributed by atoms with Crippen LogP contribution in [-0.2, 0) is 4.79 Å². The van der Waals surface area contributed by atoms with E-state index in [9.17, 15) is 9.18 Å². The Morgan fingerprint density at radius 3 is 2.79 bits per heavy atom. The number of carbonyl (C=O) groups is 1. The van der Waals surface area contributed by atoms with E-state index in [-0.39, 0.29) is 5.91 Å². The maximum absolute atomic E-state index is 13.1. The van der Waals surface area contributed by atoms with Gasteiger partial charge < -0.3 is 9.80 Å². The van der Waals surface area contributed by atoms with Crippen LogP contribution in [0.15, 0.2) is 18.2 Å². The summed E-state index contributed by atoms with van der Waals surface area (Å²) in [6.45, 7) is 4.37. The van der Waals surface area contributed by atoms with Crippen molar-refractivity contribution in [3.8, 4) is 6.07 Å². The molecule has 0 unspecified atom stereocenters. The van der Waals surface area contributed by atoms with Gasteiger partial charge in [-0.2, -0.15) is 5.26 Å². The second-order valence-electron chi connectivity index (χ2n) is 4.62. The van der Waals surface area contributed by atoms with Crippen molar-refractivity contribution in [3.63, 3.8) is 0 Å². The summed E-state index contributed by atoms with van der Waals surface area (Å²) in [5.74, 6) is -0.332. The summed E-state index contributed by atoms with van der Waals surface area (Å²) in [6, 6.07) is 6.28. The van der Waals surface area contributed by atoms with Gasteiger partial charge in [0.15, 0.2) is 0 Å². The van der Waals surface area contributed by atoms with E-state index in [0.29, 0.717) is 18.7 Å². The molecule has 2 rings (SSSR count). The third-order valence-electron chi connectivity index (χ3n) is 3.36. The van der Waals surface area contributed by atoms with Gasteiger partial charge in [0.1, 0.15) is 11.9 Å². The van der Waals surface area contributed by atoms with Gasteiger partial charge in [-0.3, -0.25) is 4.79 Å². The monoisotopic (exact) mass is 261 g/mol. The number of nitriles is 1. The van der Waals surface area contributed by atoms with E-state index < -0.39 is 5.82 Å². The average molecular weight is 261 g/mol. The molecule has 1 aliphatic heterocycles. The van der Waals surface area contributed by atoms with Crippen LogP contribution in [-0.4, -0.2) is 37.0 Å². The average Bonchev–Trinajstić information content (AvgIpc) is 2.64. The lowest BCUT2D eigenvalue weighted by Crippen LogP contribution is -2.33. The summed E-state index contributed by atoms with van der Waals surface area (Å²) in [7, 11) is 0. The quantitative estimate of drug-likeness (QED) is 0.774. The van der Waals surface area contributed by atoms with Crippen LogP contribution in [0, 0.1) is 17.1 Å². The lowest BCUT2D eigenvalue weighted by molar-refractivity contribution is -0.128. The minimum atomic E-state index is -0.402. The molecule has 0 aromatic heterocycles. The van der Waals surface area contributed by atoms with Crippen LogP contribution in [0.2, 0.25) is 0 Å². The molecule has 1 aromatic rings. The molecule has 4 nitrogen and oxygen atoms in total. The summed E-state index contributed by atoms with van der Waals surface area (Å²) < 4.78 is 13.1. The van der Waals surface area contributed by atoms with Crippen molar-refractivity contribution in [1.82, 2.24) is 4.90 Å². The molecule has 0 aliphatic carbocycles. The minimum Gasteiger partial charge on any atom is -0.369 e. The van der Waals surface area contributed by atoms with Crippen molar-refractivity contribution < 1.29 is 9.18 Å². The predicted octanol–water partition coefficient (Wildman–Crippen LogP) is 1.76. The molecule has 1 aromatic carbocycles. The zero-order chi connectivity index (χ0) is 13.8. The van der Waals surface area contributed by atoms with Crippen molar-refractivity contribution in [2.24, 2.45) is 0 Å². The van der Waals surface area contributed by atoms with Crippen LogP contribution in [0.25, 0.3) is 0 Å². The largest absolute Gasteiger partial charge is 0.369 e. The van der Waals surface area contributed by atoms with E-state index in [1.54, 1.807) is 17.9 Å². The zero-order valence-corrected chi connectivity index (χ0v) is 10.9. The smallest absolute Gasteiger partial charge is 0.219 e. The van der Waals surface area contributed by atoms with Crippen molar-refractivity contribution in [1.29, 1.82) is 5.26 Å². The number of anilines is 1. The van der Waals surface area contributed by atoms with Crippen LogP contribution < -0.4 is 4.90 Å². The molecule has 1 saturated heterocycles. The standard InChI is InChI=1S/C14H16FN3O/c1-11(19)17-5-2-6-18(8-7-17)14-4-3-13(15)9-12(14)10-16/h3-4,9H,2,5-8H2,1H3. The number of carbonyl (C=O) groups excluding carboxylic acids is 1. The van der Waals surface area contributed by atoms with Gasteiger partial charge in [0.25, 0.3) is 0 Å². The second-order valence-corrected chi connectivity index (χ2v) is 4.62. The Bertz CT molecular complexity index is 524. The number of halogens is 1. The van der Waals surface area contributed by atoms with E-state index >= 15 is 0 Å². The highest BCUT2D eigenvalue weighted by atomic mass is 19.1. The number of amides is 1. The lowest BCUT2D eigenvalue weighted by Gasteiger charge is -2.24. The van der Waals surface area contributed by atoms with Crippen molar-refractivity contribution >= 4 is 11.6 Å². The fraction of sp³-hybridized carbons (Fsp3) is 0.429. The third kappa shape index (κ3) is 3.02. The molecule has 100 valence electrons. The molecule has 1 aliphatic rings. The lowest BCUT2D eigenvalue weighted by atomic mass is 10.1. The Kier molecular flexibility index (Phi) is 4.00. The Balaban J connectivity index is 2.19. The Morgan fingerprint density at radius 2 is 2.11 bits per heavy atom. The maximum Gasteiger partial charge on any atom is 0.219 e. The van der Waals surface area contributed by atoms with Gasteiger partial charge in [-0.05, 0) is 24.6 Å². The Hall–Kier alpha value is -2.09. The first-order valence-corrected chi connectivity index (χ1v) is 6.32. The topological polar surface area (TPSA) is 47.3 Å². The van der Waals surface area contributed by atoms with Crippen molar-refractivity contribution in [2.45, 2.75) is 13.3 Å². The molecule has 19 heavy (non-hydrogen) atoms. The molecule has 0 radical (unpaired) electrons. The number of benzene rings is 1. The molecule has 1 fully saturated rings. The fourth-order valence-electron chi connectivity index (χ4n) is 2.35. The first-order valence-electron chi connectivity index (χ1n) is 6.32. The van der Waals surface area contributed by atoms with Gasteiger partial charge in [-0.15, -0.1) is 0 Å². The molecular formula is C14H16FN3O. The first kappa shape index (κ1) is 13.3. The second kappa shape index (κ2) is 5.70. The highest BCUT2D eigenvalue weighted by Gasteiger charge is 2.18. The number of nitrogens with zero attached hydrogens (tertiary/aromatic N) is 3. The van der Waals surface area contributed by atoms with Crippen molar-refractivity contribution in [2.75, 3.05) is 31.1 Å². The van der Waals surface area contributed by atoms with Crippen LogP contribution in [0.1, 0.15) is 18.9 Å². The molecule has 0 N–H and O–H groups in total. The van der Waals surface area contributed by atoms with Gasteiger partial charge in [-0.1, -0.05) is 0 Å². The van der Waals surface area contributed by atoms with E-state index in [0.717, 1.165) is 25.2 Å². The van der Waals surface area contributed by atoms with Crippen LogP contribution in [0.4, 0.5) is 10.1 Å². The van der Waals surface area contributed by atoms with Gasteiger partial charge in [0.2, 0.25) is 5.91 Å². The van der Waals surface area contributed by atoms with Crippen LogP contribution in [0.3, 0.4) is 0 Å². The zero-order valence-electron chi connectivity index (χ0n) is 10.9. The molecular weight excluding hydrogens is 245 g/mol. The molecule has 0 atom stereocenters. The summed E-state index contributed by atoms with van der Waals surface area (Å²) in [4.78, 5) is 15.2. The fourth-order valence-corrected chi connectivity index (χ4v) is 2.35. The first-order chi connectivity index (χ1) is 9.11. The van der Waals surface area contributed by atoms with Crippen LogP contribution >= 0.6 is 0 Å². The maximum atomic E-state index is 13.1. The minimum absolute atomic E-state index is 0.0708. The predicted molar refractivity (Wildman–Crippen MR) is 70.2 cm³/mol. The third-order valence-corrected chi connectivity index (χ3v) is 3.36.